The predicted molar refractivity (Wildman–Crippen MR) is 67.3 cm³/mol. The molecule has 0 aromatic heterocycles. The van der Waals surface area contributed by atoms with E-state index in [9.17, 15) is 4.79 Å². The lowest BCUT2D eigenvalue weighted by molar-refractivity contribution is 0.0502. The first-order valence-electron chi connectivity index (χ1n) is 5.48. The van der Waals surface area contributed by atoms with Gasteiger partial charge in [0.25, 0.3) is 0 Å². The summed E-state index contributed by atoms with van der Waals surface area (Å²) in [5.41, 5.74) is 0.307. The summed E-state index contributed by atoms with van der Waals surface area (Å²) >= 11 is 0. The Balaban J connectivity index is 4.48. The van der Waals surface area contributed by atoms with E-state index in [0.29, 0.717) is 0 Å². The zero-order valence-corrected chi connectivity index (χ0v) is 11.0. The summed E-state index contributed by atoms with van der Waals surface area (Å²) < 4.78 is 5.19. The van der Waals surface area contributed by atoms with Gasteiger partial charge in [-0.05, 0) is 32.3 Å². The van der Waals surface area contributed by atoms with Crippen LogP contribution in [0.5, 0.6) is 0 Å². The quantitative estimate of drug-likeness (QED) is 0.746. The monoisotopic (exact) mass is 225 g/mol. The summed E-state index contributed by atoms with van der Waals surface area (Å²) in [5.74, 6) is 0.248. The number of alkyl carbamates (subject to hydrolysis) is 1. The first kappa shape index (κ1) is 14.8. The van der Waals surface area contributed by atoms with Crippen LogP contribution < -0.4 is 5.32 Å². The molecule has 92 valence electrons. The summed E-state index contributed by atoms with van der Waals surface area (Å²) in [6.45, 7) is 17.0. The van der Waals surface area contributed by atoms with Crippen LogP contribution >= 0.6 is 0 Å². The molecule has 0 heterocycles. The number of hydrogen-bond acceptors (Lipinski definition) is 2. The number of hydrogen-bond donors (Lipinski definition) is 1. The fourth-order valence-electron chi connectivity index (χ4n) is 1.25. The van der Waals surface area contributed by atoms with Crippen molar-refractivity contribution in [2.24, 2.45) is 5.92 Å². The van der Waals surface area contributed by atoms with Crippen molar-refractivity contribution in [1.29, 1.82) is 0 Å². The van der Waals surface area contributed by atoms with Crippen LogP contribution in [0.25, 0.3) is 0 Å². The van der Waals surface area contributed by atoms with E-state index in [1.54, 1.807) is 6.08 Å². The molecule has 16 heavy (non-hydrogen) atoms. The highest BCUT2D eigenvalue weighted by molar-refractivity contribution is 5.68. The minimum Gasteiger partial charge on any atom is -0.444 e. The molecule has 0 spiro atoms. The minimum absolute atomic E-state index is 0.132. The molecule has 0 aliphatic rings. The van der Waals surface area contributed by atoms with Gasteiger partial charge in [-0.15, -0.1) is 0 Å². The lowest BCUT2D eigenvalue weighted by atomic mass is 9.97. The average Bonchev–Trinajstić information content (AvgIpc) is 2.09. The number of rotatable bonds is 4. The van der Waals surface area contributed by atoms with Crippen molar-refractivity contribution in [3.05, 3.63) is 24.8 Å². The maximum atomic E-state index is 11.6. The fraction of sp³-hybridized carbons (Fsp3) is 0.615. The van der Waals surface area contributed by atoms with Crippen molar-refractivity contribution in [2.75, 3.05) is 0 Å². The van der Waals surface area contributed by atoms with Gasteiger partial charge in [0, 0.05) is 0 Å². The van der Waals surface area contributed by atoms with E-state index in [4.69, 9.17) is 4.74 Å². The Bertz CT molecular complexity index is 274. The normalized spacial score (nSPS) is 13.1. The summed E-state index contributed by atoms with van der Waals surface area (Å²) in [5, 5.41) is 2.79. The Labute approximate surface area is 98.6 Å². The molecule has 0 saturated carbocycles. The van der Waals surface area contributed by atoms with Crippen molar-refractivity contribution in [2.45, 2.75) is 46.3 Å². The molecule has 0 rings (SSSR count). The van der Waals surface area contributed by atoms with Gasteiger partial charge >= 0.3 is 6.09 Å². The van der Waals surface area contributed by atoms with Gasteiger partial charge in [-0.25, -0.2) is 4.79 Å². The van der Waals surface area contributed by atoms with Gasteiger partial charge in [0.05, 0.1) is 6.04 Å². The van der Waals surface area contributed by atoms with E-state index in [1.807, 2.05) is 34.6 Å². The van der Waals surface area contributed by atoms with Crippen LogP contribution in [-0.2, 0) is 4.74 Å². The molecule has 0 aromatic rings. The maximum Gasteiger partial charge on any atom is 0.408 e. The van der Waals surface area contributed by atoms with Gasteiger partial charge in [0.2, 0.25) is 0 Å². The zero-order chi connectivity index (χ0) is 12.9. The smallest absolute Gasteiger partial charge is 0.408 e. The summed E-state index contributed by atoms with van der Waals surface area (Å²) in [6, 6.07) is -0.132. The molecule has 0 fully saturated rings. The van der Waals surface area contributed by atoms with E-state index in [2.05, 4.69) is 18.5 Å². The minimum atomic E-state index is -0.485. The Morgan fingerprint density at radius 2 is 1.88 bits per heavy atom. The lowest BCUT2D eigenvalue weighted by Gasteiger charge is -2.26. The van der Waals surface area contributed by atoms with Crippen LogP contribution in [0.2, 0.25) is 0 Å². The van der Waals surface area contributed by atoms with Crippen LogP contribution in [0.3, 0.4) is 0 Å². The SMILES string of the molecule is C=CC(=C)C(NC(=O)OC(C)(C)C)C(C)C. The number of carbonyl (C=O) groups is 1. The predicted octanol–water partition coefficient (Wildman–Crippen LogP) is 3.28. The molecule has 0 aromatic carbocycles. The zero-order valence-electron chi connectivity index (χ0n) is 11.0. The molecule has 1 amide bonds. The van der Waals surface area contributed by atoms with Gasteiger partial charge in [-0.1, -0.05) is 33.1 Å². The van der Waals surface area contributed by atoms with Gasteiger partial charge in [-0.3, -0.25) is 0 Å². The molecule has 0 saturated heterocycles. The Hall–Kier alpha value is -1.25. The van der Waals surface area contributed by atoms with Gasteiger partial charge < -0.3 is 10.1 Å². The molecule has 1 N–H and O–H groups in total. The molecule has 0 bridgehead atoms. The van der Waals surface area contributed by atoms with Crippen LogP contribution in [0, 0.1) is 5.92 Å². The fourth-order valence-corrected chi connectivity index (χ4v) is 1.25. The summed E-state index contributed by atoms with van der Waals surface area (Å²) in [7, 11) is 0. The van der Waals surface area contributed by atoms with Gasteiger partial charge in [0.1, 0.15) is 5.60 Å². The van der Waals surface area contributed by atoms with E-state index >= 15 is 0 Å². The largest absolute Gasteiger partial charge is 0.444 e. The molecule has 0 aliphatic heterocycles. The number of ether oxygens (including phenoxy) is 1. The third-order valence-corrected chi connectivity index (χ3v) is 2.00. The molecule has 0 radical (unpaired) electrons. The highest BCUT2D eigenvalue weighted by Gasteiger charge is 2.22. The second-order valence-electron chi connectivity index (χ2n) is 5.15. The van der Waals surface area contributed by atoms with Gasteiger partial charge in [-0.2, -0.15) is 0 Å². The Morgan fingerprint density at radius 1 is 1.38 bits per heavy atom. The third-order valence-electron chi connectivity index (χ3n) is 2.00. The standard InChI is InChI=1S/C13H23NO2/c1-8-10(4)11(9(2)3)14-12(15)16-13(5,6)7/h8-9,11H,1,4H2,2-3,5-7H3,(H,14,15). The molecular weight excluding hydrogens is 202 g/mol. The van der Waals surface area contributed by atoms with E-state index in [0.717, 1.165) is 5.57 Å². The second-order valence-corrected chi connectivity index (χ2v) is 5.15. The van der Waals surface area contributed by atoms with Crippen molar-refractivity contribution in [3.63, 3.8) is 0 Å². The Kier molecular flexibility index (Phi) is 5.28. The third kappa shape index (κ3) is 5.59. The highest BCUT2D eigenvalue weighted by atomic mass is 16.6. The van der Waals surface area contributed by atoms with Crippen molar-refractivity contribution in [3.8, 4) is 0 Å². The molecule has 1 unspecified atom stereocenters. The molecule has 3 heteroatoms. The average molecular weight is 225 g/mol. The van der Waals surface area contributed by atoms with Crippen LogP contribution in [-0.4, -0.2) is 17.7 Å². The van der Waals surface area contributed by atoms with Gasteiger partial charge in [0.15, 0.2) is 0 Å². The molecule has 1 atom stereocenters. The molecule has 0 aliphatic carbocycles. The second kappa shape index (κ2) is 5.73. The summed E-state index contributed by atoms with van der Waals surface area (Å²) in [4.78, 5) is 11.6. The topological polar surface area (TPSA) is 38.3 Å². The number of carbonyl (C=O) groups excluding carboxylic acids is 1. The number of nitrogens with one attached hydrogen (secondary N) is 1. The van der Waals surface area contributed by atoms with Crippen LogP contribution in [0.1, 0.15) is 34.6 Å². The molecular formula is C13H23NO2. The molecule has 3 nitrogen and oxygen atoms in total. The van der Waals surface area contributed by atoms with E-state index < -0.39 is 11.7 Å². The van der Waals surface area contributed by atoms with Crippen LogP contribution in [0.15, 0.2) is 24.8 Å². The first-order valence-corrected chi connectivity index (χ1v) is 5.48. The highest BCUT2D eigenvalue weighted by Crippen LogP contribution is 2.13. The van der Waals surface area contributed by atoms with Crippen molar-refractivity contribution >= 4 is 6.09 Å². The maximum absolute atomic E-state index is 11.6. The van der Waals surface area contributed by atoms with Crippen molar-refractivity contribution < 1.29 is 9.53 Å². The lowest BCUT2D eigenvalue weighted by Crippen LogP contribution is -2.42. The van der Waals surface area contributed by atoms with Crippen LogP contribution in [0.4, 0.5) is 4.79 Å². The van der Waals surface area contributed by atoms with E-state index in [1.165, 1.54) is 0 Å². The van der Waals surface area contributed by atoms with E-state index in [-0.39, 0.29) is 12.0 Å². The van der Waals surface area contributed by atoms with Crippen molar-refractivity contribution in [1.82, 2.24) is 5.32 Å². The Morgan fingerprint density at radius 3 is 2.19 bits per heavy atom. The number of amides is 1. The summed E-state index contributed by atoms with van der Waals surface area (Å²) in [6.07, 6.45) is 1.23. The first-order chi connectivity index (χ1) is 7.17.